The number of nitrogens with one attached hydrogen (secondary N) is 1. The third kappa shape index (κ3) is 2.21. The van der Waals surface area contributed by atoms with Gasteiger partial charge in [-0.25, -0.2) is 4.98 Å². The van der Waals surface area contributed by atoms with Gasteiger partial charge >= 0.3 is 0 Å². The van der Waals surface area contributed by atoms with Crippen LogP contribution in [0.15, 0.2) is 47.1 Å². The second kappa shape index (κ2) is 5.41. The maximum atomic E-state index is 5.36. The highest BCUT2D eigenvalue weighted by Gasteiger charge is 2.26. The molecule has 0 aliphatic carbocycles. The number of rotatable bonds is 2. The lowest BCUT2D eigenvalue weighted by Gasteiger charge is -2.25. The summed E-state index contributed by atoms with van der Waals surface area (Å²) < 4.78 is 8.59. The summed E-state index contributed by atoms with van der Waals surface area (Å²) in [5, 5.41) is 3.61. The molecule has 0 saturated carbocycles. The number of benzene rings is 1. The summed E-state index contributed by atoms with van der Waals surface area (Å²) in [6.07, 6.45) is 3.04. The van der Waals surface area contributed by atoms with Crippen molar-refractivity contribution in [3.05, 3.63) is 64.0 Å². The zero-order valence-electron chi connectivity index (χ0n) is 12.2. The quantitative estimate of drug-likeness (QED) is 0.764. The van der Waals surface area contributed by atoms with Crippen molar-refractivity contribution < 1.29 is 4.74 Å². The highest BCUT2D eigenvalue weighted by Crippen LogP contribution is 2.31. The minimum absolute atomic E-state index is 0.128. The van der Waals surface area contributed by atoms with Crippen LogP contribution in [0.3, 0.4) is 0 Å². The van der Waals surface area contributed by atoms with Crippen molar-refractivity contribution in [1.82, 2.24) is 14.7 Å². The number of hydrogen-bond acceptors (Lipinski definition) is 3. The molecule has 112 valence electrons. The molecule has 0 bridgehead atoms. The van der Waals surface area contributed by atoms with Gasteiger partial charge in [-0.1, -0.05) is 12.1 Å². The molecule has 1 N–H and O–H groups in total. The van der Waals surface area contributed by atoms with Crippen LogP contribution in [0.5, 0.6) is 5.75 Å². The van der Waals surface area contributed by atoms with Gasteiger partial charge in [0.15, 0.2) is 0 Å². The predicted molar refractivity (Wildman–Crippen MR) is 89.4 cm³/mol. The van der Waals surface area contributed by atoms with Gasteiger partial charge in [0.05, 0.1) is 24.5 Å². The Kier molecular flexibility index (Phi) is 3.39. The summed E-state index contributed by atoms with van der Waals surface area (Å²) in [6, 6.07) is 12.4. The summed E-state index contributed by atoms with van der Waals surface area (Å²) in [5.41, 5.74) is 4.58. The number of imidazole rings is 1. The highest BCUT2D eigenvalue weighted by atomic mass is 79.9. The van der Waals surface area contributed by atoms with Gasteiger partial charge in [-0.3, -0.25) is 0 Å². The van der Waals surface area contributed by atoms with E-state index in [0.717, 1.165) is 28.8 Å². The fourth-order valence-electron chi connectivity index (χ4n) is 3.10. The van der Waals surface area contributed by atoms with Gasteiger partial charge in [0, 0.05) is 23.6 Å². The lowest BCUT2D eigenvalue weighted by atomic mass is 9.97. The van der Waals surface area contributed by atoms with Crippen LogP contribution in [0.1, 0.15) is 23.0 Å². The second-order valence-electron chi connectivity index (χ2n) is 5.43. The van der Waals surface area contributed by atoms with Crippen molar-refractivity contribution in [2.45, 2.75) is 12.5 Å². The molecule has 0 radical (unpaired) electrons. The minimum atomic E-state index is 0.128. The van der Waals surface area contributed by atoms with E-state index < -0.39 is 0 Å². The van der Waals surface area contributed by atoms with Gasteiger partial charge < -0.3 is 14.5 Å². The van der Waals surface area contributed by atoms with Crippen LogP contribution in [0.25, 0.3) is 5.65 Å². The summed E-state index contributed by atoms with van der Waals surface area (Å²) in [7, 11) is 1.70. The van der Waals surface area contributed by atoms with E-state index in [2.05, 4.69) is 44.0 Å². The Morgan fingerprint density at radius 3 is 3.09 bits per heavy atom. The van der Waals surface area contributed by atoms with E-state index in [4.69, 9.17) is 9.72 Å². The fraction of sp³-hybridized carbons (Fsp3) is 0.235. The van der Waals surface area contributed by atoms with Crippen LogP contribution in [-0.2, 0) is 6.42 Å². The Labute approximate surface area is 137 Å². The Morgan fingerprint density at radius 1 is 1.32 bits per heavy atom. The molecule has 1 aliphatic rings. The fourth-order valence-corrected chi connectivity index (χ4v) is 3.44. The first kappa shape index (κ1) is 13.8. The van der Waals surface area contributed by atoms with Gasteiger partial charge in [0.1, 0.15) is 11.4 Å². The topological polar surface area (TPSA) is 38.6 Å². The van der Waals surface area contributed by atoms with E-state index in [1.54, 1.807) is 7.11 Å². The first-order valence-corrected chi connectivity index (χ1v) is 8.09. The van der Waals surface area contributed by atoms with Gasteiger partial charge in [0.25, 0.3) is 0 Å². The average Bonchev–Trinajstić information content (AvgIpc) is 2.92. The van der Waals surface area contributed by atoms with Crippen LogP contribution in [0, 0.1) is 0 Å². The third-order valence-electron chi connectivity index (χ3n) is 4.11. The van der Waals surface area contributed by atoms with E-state index in [9.17, 15) is 0 Å². The Hall–Kier alpha value is -1.85. The number of halogens is 1. The largest absolute Gasteiger partial charge is 0.497 e. The van der Waals surface area contributed by atoms with Crippen LogP contribution in [-0.4, -0.2) is 23.0 Å². The lowest BCUT2D eigenvalue weighted by Crippen LogP contribution is -2.31. The lowest BCUT2D eigenvalue weighted by molar-refractivity contribution is 0.413. The molecular formula is C17H16BrN3O. The van der Waals surface area contributed by atoms with Crippen molar-refractivity contribution >= 4 is 21.6 Å². The zero-order valence-corrected chi connectivity index (χ0v) is 13.8. The van der Waals surface area contributed by atoms with Gasteiger partial charge in [-0.2, -0.15) is 0 Å². The molecule has 1 atom stereocenters. The smallest absolute Gasteiger partial charge is 0.137 e. The standard InChI is InChI=1S/C17H16BrN3O/c1-22-13-4-2-3-11(9-13)16-17-14(7-8-19-16)20-15-6-5-12(18)10-21(15)17/h2-6,9-10,16,19H,7-8H2,1H3. The van der Waals surface area contributed by atoms with Crippen molar-refractivity contribution in [2.75, 3.05) is 13.7 Å². The molecule has 1 aliphatic heterocycles. The number of hydrogen-bond donors (Lipinski definition) is 1. The van der Waals surface area contributed by atoms with E-state index >= 15 is 0 Å². The first-order valence-electron chi connectivity index (χ1n) is 7.30. The number of aromatic nitrogens is 2. The molecular weight excluding hydrogens is 342 g/mol. The Balaban J connectivity index is 1.90. The monoisotopic (exact) mass is 357 g/mol. The number of ether oxygens (including phenoxy) is 1. The zero-order chi connectivity index (χ0) is 15.1. The molecule has 0 spiro atoms. The number of methoxy groups -OCH3 is 1. The van der Waals surface area contributed by atoms with Crippen molar-refractivity contribution in [3.8, 4) is 5.75 Å². The van der Waals surface area contributed by atoms with Gasteiger partial charge in [-0.15, -0.1) is 0 Å². The van der Waals surface area contributed by atoms with Gasteiger partial charge in [0.2, 0.25) is 0 Å². The molecule has 1 unspecified atom stereocenters. The Bertz CT molecular complexity index is 843. The molecule has 22 heavy (non-hydrogen) atoms. The maximum absolute atomic E-state index is 5.36. The first-order chi connectivity index (χ1) is 10.8. The SMILES string of the molecule is COc1cccc(C2NCCc3nc4ccc(Br)cn4c32)c1. The van der Waals surface area contributed by atoms with Crippen LogP contribution < -0.4 is 10.1 Å². The summed E-state index contributed by atoms with van der Waals surface area (Å²) >= 11 is 3.55. The number of nitrogens with zero attached hydrogens (tertiary/aromatic N) is 2. The molecule has 0 fully saturated rings. The molecule has 0 saturated heterocycles. The maximum Gasteiger partial charge on any atom is 0.137 e. The molecule has 0 amide bonds. The molecule has 1 aromatic carbocycles. The van der Waals surface area contributed by atoms with E-state index in [1.807, 2.05) is 24.3 Å². The summed E-state index contributed by atoms with van der Waals surface area (Å²) in [6.45, 7) is 0.930. The molecule has 4 nitrogen and oxygen atoms in total. The van der Waals surface area contributed by atoms with Crippen molar-refractivity contribution in [1.29, 1.82) is 0 Å². The molecule has 4 rings (SSSR count). The normalized spacial score (nSPS) is 17.5. The average molecular weight is 358 g/mol. The molecule has 3 heterocycles. The number of pyridine rings is 1. The van der Waals surface area contributed by atoms with E-state index in [0.29, 0.717) is 0 Å². The molecule has 5 heteroatoms. The third-order valence-corrected chi connectivity index (χ3v) is 4.58. The summed E-state index contributed by atoms with van der Waals surface area (Å²) in [5.74, 6) is 0.876. The minimum Gasteiger partial charge on any atom is -0.497 e. The van der Waals surface area contributed by atoms with E-state index in [1.165, 1.54) is 17.0 Å². The van der Waals surface area contributed by atoms with Crippen LogP contribution >= 0.6 is 15.9 Å². The summed E-state index contributed by atoms with van der Waals surface area (Å²) in [4.78, 5) is 4.78. The van der Waals surface area contributed by atoms with E-state index in [-0.39, 0.29) is 6.04 Å². The van der Waals surface area contributed by atoms with Crippen LogP contribution in [0.4, 0.5) is 0 Å². The second-order valence-corrected chi connectivity index (χ2v) is 6.35. The van der Waals surface area contributed by atoms with Crippen molar-refractivity contribution in [3.63, 3.8) is 0 Å². The number of fused-ring (bicyclic) bond motifs is 3. The molecule has 2 aromatic heterocycles. The highest BCUT2D eigenvalue weighted by molar-refractivity contribution is 9.10. The van der Waals surface area contributed by atoms with Crippen molar-refractivity contribution in [2.24, 2.45) is 0 Å². The molecule has 3 aromatic rings. The van der Waals surface area contributed by atoms with Gasteiger partial charge in [-0.05, 0) is 45.8 Å². The van der Waals surface area contributed by atoms with Crippen LogP contribution in [0.2, 0.25) is 0 Å². The Morgan fingerprint density at radius 2 is 2.23 bits per heavy atom. The predicted octanol–water partition coefficient (Wildman–Crippen LogP) is 3.34.